The summed E-state index contributed by atoms with van der Waals surface area (Å²) in [4.78, 5) is 34.2. The first-order chi connectivity index (χ1) is 12.6. The molecule has 2 aromatic rings. The van der Waals surface area contributed by atoms with Crippen molar-refractivity contribution >= 4 is 34.7 Å². The number of piperidine rings is 1. The predicted octanol–water partition coefficient (Wildman–Crippen LogP) is 3.16. The molecular formula is C19H25N3O3S. The van der Waals surface area contributed by atoms with Crippen molar-refractivity contribution in [2.45, 2.75) is 31.9 Å². The molecule has 0 aliphatic carbocycles. The van der Waals surface area contributed by atoms with Crippen LogP contribution in [-0.4, -0.2) is 52.2 Å². The molecular weight excluding hydrogens is 350 g/mol. The number of carbonyl (C=O) groups is 2. The first-order valence-corrected chi connectivity index (χ1v) is 10.1. The van der Waals surface area contributed by atoms with Gasteiger partial charge < -0.3 is 14.6 Å². The fourth-order valence-corrected chi connectivity index (χ4v) is 4.03. The Morgan fingerprint density at radius 2 is 2.23 bits per heavy atom. The largest absolute Gasteiger partial charge is 0.466 e. The fourth-order valence-electron chi connectivity index (χ4n) is 3.19. The zero-order chi connectivity index (χ0) is 18.5. The van der Waals surface area contributed by atoms with E-state index in [1.165, 1.54) is 0 Å². The van der Waals surface area contributed by atoms with E-state index < -0.39 is 0 Å². The zero-order valence-electron chi connectivity index (χ0n) is 15.2. The number of aromatic amines is 1. The molecule has 140 valence electrons. The Kier molecular flexibility index (Phi) is 6.19. The number of thioether (sulfide) groups is 1. The minimum Gasteiger partial charge on any atom is -0.466 e. The van der Waals surface area contributed by atoms with Crippen LogP contribution in [0.1, 0.15) is 37.8 Å². The van der Waals surface area contributed by atoms with Gasteiger partial charge in [0.05, 0.1) is 34.6 Å². The molecule has 1 aliphatic rings. The summed E-state index contributed by atoms with van der Waals surface area (Å²) < 4.78 is 5.10. The van der Waals surface area contributed by atoms with Gasteiger partial charge in [-0.15, -0.1) is 11.8 Å². The zero-order valence-corrected chi connectivity index (χ0v) is 16.1. The average Bonchev–Trinajstić information content (AvgIpc) is 3.10. The maximum atomic E-state index is 12.6. The Morgan fingerprint density at radius 1 is 1.42 bits per heavy atom. The summed E-state index contributed by atoms with van der Waals surface area (Å²) in [6.45, 7) is 5.42. The normalized spacial score (nSPS) is 18.7. The number of benzene rings is 1. The molecule has 0 bridgehead atoms. The second-order valence-electron chi connectivity index (χ2n) is 6.52. The van der Waals surface area contributed by atoms with Crippen LogP contribution >= 0.6 is 11.8 Å². The van der Waals surface area contributed by atoms with Crippen LogP contribution in [0.2, 0.25) is 0 Å². The Morgan fingerprint density at radius 3 is 3.00 bits per heavy atom. The predicted molar refractivity (Wildman–Crippen MR) is 103 cm³/mol. The number of amides is 1. The van der Waals surface area contributed by atoms with Crippen LogP contribution in [-0.2, 0) is 14.3 Å². The second-order valence-corrected chi connectivity index (χ2v) is 7.85. The summed E-state index contributed by atoms with van der Waals surface area (Å²) in [6.07, 6.45) is 1.64. The molecule has 2 atom stereocenters. The van der Waals surface area contributed by atoms with Gasteiger partial charge >= 0.3 is 5.97 Å². The molecule has 1 N–H and O–H groups in total. The van der Waals surface area contributed by atoms with Gasteiger partial charge in [0.15, 0.2) is 0 Å². The Labute approximate surface area is 157 Å². The first kappa shape index (κ1) is 18.8. The van der Waals surface area contributed by atoms with Crippen LogP contribution in [0.4, 0.5) is 0 Å². The van der Waals surface area contributed by atoms with E-state index in [2.05, 4.69) is 9.97 Å². The third-order valence-corrected chi connectivity index (χ3v) is 5.78. The lowest BCUT2D eigenvalue weighted by atomic mass is 9.98. The number of para-hydroxylation sites is 2. The summed E-state index contributed by atoms with van der Waals surface area (Å²) in [7, 11) is 0. The van der Waals surface area contributed by atoms with Gasteiger partial charge in [0.2, 0.25) is 5.91 Å². The number of esters is 1. The molecule has 1 aliphatic heterocycles. The maximum absolute atomic E-state index is 12.6. The summed E-state index contributed by atoms with van der Waals surface area (Å²) >= 11 is 1.57. The molecule has 0 spiro atoms. The van der Waals surface area contributed by atoms with Crippen LogP contribution in [0.5, 0.6) is 0 Å². The van der Waals surface area contributed by atoms with E-state index in [1.54, 1.807) is 23.6 Å². The standard InChI is InChI=1S/C19H25N3O3S/c1-3-25-19(24)14-7-6-10-22(11-14)17(23)12-26-13(2)18-20-15-8-4-5-9-16(15)21-18/h4-5,8-9,13-14H,3,6-7,10-12H2,1-2H3,(H,20,21). The lowest BCUT2D eigenvalue weighted by Crippen LogP contribution is -2.43. The van der Waals surface area contributed by atoms with E-state index >= 15 is 0 Å². The van der Waals surface area contributed by atoms with Crippen LogP contribution in [0.3, 0.4) is 0 Å². The van der Waals surface area contributed by atoms with E-state index in [0.29, 0.717) is 25.4 Å². The molecule has 1 fully saturated rings. The van der Waals surface area contributed by atoms with E-state index in [9.17, 15) is 9.59 Å². The van der Waals surface area contributed by atoms with Gasteiger partial charge in [0, 0.05) is 13.1 Å². The summed E-state index contributed by atoms with van der Waals surface area (Å²) in [5, 5.41) is 0.0944. The van der Waals surface area contributed by atoms with Crippen molar-refractivity contribution in [2.75, 3.05) is 25.4 Å². The van der Waals surface area contributed by atoms with Crippen LogP contribution in [0.15, 0.2) is 24.3 Å². The van der Waals surface area contributed by atoms with Crippen molar-refractivity contribution in [1.29, 1.82) is 0 Å². The van der Waals surface area contributed by atoms with Crippen molar-refractivity contribution in [2.24, 2.45) is 5.92 Å². The molecule has 1 aromatic heterocycles. The van der Waals surface area contributed by atoms with Crippen molar-refractivity contribution in [1.82, 2.24) is 14.9 Å². The SMILES string of the molecule is CCOC(=O)C1CCCN(C(=O)CSC(C)c2nc3ccccc3[nH]2)C1. The Balaban J connectivity index is 1.53. The molecule has 2 unspecified atom stereocenters. The van der Waals surface area contributed by atoms with Gasteiger partial charge in [-0.1, -0.05) is 12.1 Å². The highest BCUT2D eigenvalue weighted by Gasteiger charge is 2.29. The molecule has 1 amide bonds. The van der Waals surface area contributed by atoms with Gasteiger partial charge in [0.1, 0.15) is 5.82 Å². The van der Waals surface area contributed by atoms with Crippen LogP contribution in [0, 0.1) is 5.92 Å². The number of hydrogen-bond acceptors (Lipinski definition) is 5. The third-order valence-electron chi connectivity index (χ3n) is 4.64. The van der Waals surface area contributed by atoms with Crippen molar-refractivity contribution in [3.05, 3.63) is 30.1 Å². The van der Waals surface area contributed by atoms with E-state index in [4.69, 9.17) is 4.74 Å². The molecule has 2 heterocycles. The van der Waals surface area contributed by atoms with Gasteiger partial charge in [-0.3, -0.25) is 9.59 Å². The van der Waals surface area contributed by atoms with Crippen LogP contribution < -0.4 is 0 Å². The highest BCUT2D eigenvalue weighted by Crippen LogP contribution is 2.28. The fraction of sp³-hybridized carbons (Fsp3) is 0.526. The highest BCUT2D eigenvalue weighted by atomic mass is 32.2. The van der Waals surface area contributed by atoms with Gasteiger partial charge in [0.25, 0.3) is 0 Å². The number of hydrogen-bond donors (Lipinski definition) is 1. The molecule has 0 saturated carbocycles. The molecule has 26 heavy (non-hydrogen) atoms. The number of carbonyl (C=O) groups excluding carboxylic acids is 2. The molecule has 3 rings (SSSR count). The lowest BCUT2D eigenvalue weighted by molar-refractivity contribution is -0.151. The topological polar surface area (TPSA) is 75.3 Å². The lowest BCUT2D eigenvalue weighted by Gasteiger charge is -2.31. The minimum atomic E-state index is -0.189. The molecule has 1 saturated heterocycles. The molecule has 6 nitrogen and oxygen atoms in total. The number of ether oxygens (including phenoxy) is 1. The highest BCUT2D eigenvalue weighted by molar-refractivity contribution is 8.00. The number of nitrogens with zero attached hydrogens (tertiary/aromatic N) is 2. The number of imidazole rings is 1. The maximum Gasteiger partial charge on any atom is 0.310 e. The molecule has 7 heteroatoms. The monoisotopic (exact) mass is 375 g/mol. The smallest absolute Gasteiger partial charge is 0.310 e. The third kappa shape index (κ3) is 4.38. The van der Waals surface area contributed by atoms with Crippen LogP contribution in [0.25, 0.3) is 11.0 Å². The van der Waals surface area contributed by atoms with Crippen molar-refractivity contribution in [3.63, 3.8) is 0 Å². The van der Waals surface area contributed by atoms with Gasteiger partial charge in [-0.25, -0.2) is 4.98 Å². The molecule has 1 aromatic carbocycles. The van der Waals surface area contributed by atoms with E-state index in [-0.39, 0.29) is 23.0 Å². The average molecular weight is 375 g/mol. The number of nitrogens with one attached hydrogen (secondary N) is 1. The number of aromatic nitrogens is 2. The van der Waals surface area contributed by atoms with Crippen molar-refractivity contribution < 1.29 is 14.3 Å². The minimum absolute atomic E-state index is 0.0759. The Bertz CT molecular complexity index is 743. The number of fused-ring (bicyclic) bond motifs is 1. The number of rotatable bonds is 6. The second kappa shape index (κ2) is 8.58. The van der Waals surface area contributed by atoms with E-state index in [0.717, 1.165) is 29.7 Å². The Hall–Kier alpha value is -2.02. The number of H-pyrrole nitrogens is 1. The van der Waals surface area contributed by atoms with Crippen molar-refractivity contribution in [3.8, 4) is 0 Å². The van der Waals surface area contributed by atoms with E-state index in [1.807, 2.05) is 31.2 Å². The summed E-state index contributed by atoms with van der Waals surface area (Å²) in [5.41, 5.74) is 1.95. The molecule has 0 radical (unpaired) electrons. The summed E-state index contributed by atoms with van der Waals surface area (Å²) in [6, 6.07) is 7.91. The summed E-state index contributed by atoms with van der Waals surface area (Å²) in [5.74, 6) is 0.964. The number of likely N-dealkylation sites (tertiary alicyclic amines) is 1. The quantitative estimate of drug-likeness (QED) is 0.785. The van der Waals surface area contributed by atoms with Gasteiger partial charge in [-0.05, 0) is 38.8 Å². The first-order valence-electron chi connectivity index (χ1n) is 9.09. The van der Waals surface area contributed by atoms with Gasteiger partial charge in [-0.2, -0.15) is 0 Å².